The Bertz CT molecular complexity index is 219. The molecule has 1 aliphatic carbocycles. The Labute approximate surface area is 79.3 Å². The largest absolute Gasteiger partial charge is 0.480 e. The number of aliphatic carboxylic acids is 1. The lowest BCUT2D eigenvalue weighted by Crippen LogP contribution is -2.45. The van der Waals surface area contributed by atoms with Gasteiger partial charge < -0.3 is 10.8 Å². The van der Waals surface area contributed by atoms with Crippen LogP contribution in [0.5, 0.6) is 0 Å². The van der Waals surface area contributed by atoms with E-state index in [-0.39, 0.29) is 5.41 Å². The third-order valence-corrected chi connectivity index (χ3v) is 3.20. The van der Waals surface area contributed by atoms with E-state index in [1.165, 1.54) is 0 Å². The molecule has 13 heavy (non-hydrogen) atoms. The first-order valence-corrected chi connectivity index (χ1v) is 4.78. The summed E-state index contributed by atoms with van der Waals surface area (Å²) in [7, 11) is 0. The number of hydrogen-bond acceptors (Lipinski definition) is 2. The summed E-state index contributed by atoms with van der Waals surface area (Å²) in [6.07, 6.45) is 2.17. The minimum Gasteiger partial charge on any atom is -0.480 e. The standard InChI is InChI=1S/C10H19NO2/c1-9(2,3)7-4-5-10(11,6-7)8(12)13/h7H,4-6,11H2,1-3H3,(H,12,13). The quantitative estimate of drug-likeness (QED) is 0.652. The van der Waals surface area contributed by atoms with Crippen LogP contribution in [0, 0.1) is 11.3 Å². The van der Waals surface area contributed by atoms with Gasteiger partial charge in [0.05, 0.1) is 0 Å². The molecule has 2 atom stereocenters. The summed E-state index contributed by atoms with van der Waals surface area (Å²) in [6.45, 7) is 6.43. The molecule has 2 unspecified atom stereocenters. The zero-order valence-corrected chi connectivity index (χ0v) is 8.63. The van der Waals surface area contributed by atoms with Crippen LogP contribution in [-0.2, 0) is 4.79 Å². The lowest BCUT2D eigenvalue weighted by atomic mass is 9.78. The molecule has 1 fully saturated rings. The molecule has 0 heterocycles. The molecule has 3 nitrogen and oxygen atoms in total. The van der Waals surface area contributed by atoms with Crippen LogP contribution in [0.3, 0.4) is 0 Å². The fourth-order valence-electron chi connectivity index (χ4n) is 2.01. The van der Waals surface area contributed by atoms with Gasteiger partial charge in [-0.25, -0.2) is 0 Å². The second-order valence-electron chi connectivity index (χ2n) is 5.27. The zero-order valence-electron chi connectivity index (χ0n) is 8.63. The molecule has 0 amide bonds. The Balaban J connectivity index is 2.69. The van der Waals surface area contributed by atoms with Gasteiger partial charge >= 0.3 is 5.97 Å². The lowest BCUT2D eigenvalue weighted by molar-refractivity contribution is -0.143. The van der Waals surface area contributed by atoms with Gasteiger partial charge in [-0.05, 0) is 30.6 Å². The van der Waals surface area contributed by atoms with Gasteiger partial charge in [-0.1, -0.05) is 20.8 Å². The first kappa shape index (κ1) is 10.5. The molecule has 0 bridgehead atoms. The predicted molar refractivity (Wildman–Crippen MR) is 51.4 cm³/mol. The average Bonchev–Trinajstić information content (AvgIpc) is 2.31. The minimum atomic E-state index is -0.960. The van der Waals surface area contributed by atoms with Crippen molar-refractivity contribution in [2.75, 3.05) is 0 Å². The summed E-state index contributed by atoms with van der Waals surface area (Å²) in [5.74, 6) is -0.409. The topological polar surface area (TPSA) is 63.3 Å². The number of rotatable bonds is 1. The van der Waals surface area contributed by atoms with Gasteiger partial charge in [-0.2, -0.15) is 0 Å². The smallest absolute Gasteiger partial charge is 0.323 e. The van der Waals surface area contributed by atoms with E-state index in [2.05, 4.69) is 20.8 Å². The van der Waals surface area contributed by atoms with Gasteiger partial charge in [0.1, 0.15) is 5.54 Å². The maximum absolute atomic E-state index is 10.9. The number of hydrogen-bond donors (Lipinski definition) is 2. The highest BCUT2D eigenvalue weighted by atomic mass is 16.4. The van der Waals surface area contributed by atoms with Crippen molar-refractivity contribution in [2.24, 2.45) is 17.1 Å². The second kappa shape index (κ2) is 2.98. The number of carboxylic acid groups (broad SMARTS) is 1. The van der Waals surface area contributed by atoms with E-state index in [4.69, 9.17) is 10.8 Å². The molecule has 3 heteroatoms. The Kier molecular flexibility index (Phi) is 2.41. The molecule has 0 spiro atoms. The van der Waals surface area contributed by atoms with E-state index in [1.807, 2.05) is 0 Å². The molecule has 0 radical (unpaired) electrons. The first-order valence-electron chi connectivity index (χ1n) is 4.78. The van der Waals surface area contributed by atoms with Crippen molar-refractivity contribution in [3.8, 4) is 0 Å². The van der Waals surface area contributed by atoms with Gasteiger partial charge in [-0.15, -0.1) is 0 Å². The SMILES string of the molecule is CC(C)(C)C1CCC(N)(C(=O)O)C1. The lowest BCUT2D eigenvalue weighted by Gasteiger charge is -2.28. The summed E-state index contributed by atoms with van der Waals surface area (Å²) in [5.41, 5.74) is 5.01. The Morgan fingerprint density at radius 3 is 2.31 bits per heavy atom. The molecule has 0 aromatic rings. The zero-order chi connectivity index (χ0) is 10.3. The summed E-state index contributed by atoms with van der Waals surface area (Å²) in [4.78, 5) is 10.9. The molecular formula is C10H19NO2. The fraction of sp³-hybridized carbons (Fsp3) is 0.900. The highest BCUT2D eigenvalue weighted by molar-refractivity contribution is 5.78. The highest BCUT2D eigenvalue weighted by Crippen LogP contribution is 2.43. The molecule has 0 aliphatic heterocycles. The van der Waals surface area contributed by atoms with Crippen molar-refractivity contribution in [1.29, 1.82) is 0 Å². The van der Waals surface area contributed by atoms with Gasteiger partial charge in [0.25, 0.3) is 0 Å². The molecule has 0 aromatic heterocycles. The third kappa shape index (κ3) is 2.02. The van der Waals surface area contributed by atoms with E-state index in [1.54, 1.807) is 0 Å². The van der Waals surface area contributed by atoms with Crippen LogP contribution in [0.1, 0.15) is 40.0 Å². The maximum Gasteiger partial charge on any atom is 0.323 e. The number of carbonyl (C=O) groups is 1. The molecule has 0 aromatic carbocycles. The fourth-order valence-corrected chi connectivity index (χ4v) is 2.01. The molecular weight excluding hydrogens is 166 g/mol. The molecule has 1 rings (SSSR count). The number of nitrogens with two attached hydrogens (primary N) is 1. The summed E-state index contributed by atoms with van der Waals surface area (Å²) >= 11 is 0. The third-order valence-electron chi connectivity index (χ3n) is 3.20. The van der Waals surface area contributed by atoms with Gasteiger partial charge in [0, 0.05) is 0 Å². The van der Waals surface area contributed by atoms with Crippen molar-refractivity contribution in [1.82, 2.24) is 0 Å². The first-order chi connectivity index (χ1) is 5.76. The van der Waals surface area contributed by atoms with Gasteiger partial charge in [-0.3, -0.25) is 4.79 Å². The van der Waals surface area contributed by atoms with Crippen LogP contribution >= 0.6 is 0 Å². The highest BCUT2D eigenvalue weighted by Gasteiger charge is 2.45. The molecule has 0 saturated heterocycles. The van der Waals surface area contributed by atoms with E-state index < -0.39 is 11.5 Å². The summed E-state index contributed by atoms with van der Waals surface area (Å²) in [6, 6.07) is 0. The Hall–Kier alpha value is -0.570. The van der Waals surface area contributed by atoms with Crippen LogP contribution in [0.25, 0.3) is 0 Å². The predicted octanol–water partition coefficient (Wildman–Crippen LogP) is 1.61. The van der Waals surface area contributed by atoms with Crippen LogP contribution in [0.15, 0.2) is 0 Å². The Morgan fingerprint density at radius 2 is 2.08 bits per heavy atom. The molecule has 3 N–H and O–H groups in total. The van der Waals surface area contributed by atoms with E-state index in [9.17, 15) is 4.79 Å². The van der Waals surface area contributed by atoms with E-state index in [0.29, 0.717) is 18.8 Å². The normalized spacial score (nSPS) is 34.9. The van der Waals surface area contributed by atoms with E-state index >= 15 is 0 Å². The van der Waals surface area contributed by atoms with Crippen molar-refractivity contribution in [3.05, 3.63) is 0 Å². The summed E-state index contributed by atoms with van der Waals surface area (Å²) < 4.78 is 0. The Morgan fingerprint density at radius 1 is 1.54 bits per heavy atom. The molecule has 76 valence electrons. The van der Waals surface area contributed by atoms with Crippen molar-refractivity contribution in [3.63, 3.8) is 0 Å². The monoisotopic (exact) mass is 185 g/mol. The van der Waals surface area contributed by atoms with Crippen molar-refractivity contribution >= 4 is 5.97 Å². The minimum absolute atomic E-state index is 0.177. The molecule has 1 aliphatic rings. The van der Waals surface area contributed by atoms with Crippen LogP contribution in [-0.4, -0.2) is 16.6 Å². The van der Waals surface area contributed by atoms with Gasteiger partial charge in [0.2, 0.25) is 0 Å². The average molecular weight is 185 g/mol. The van der Waals surface area contributed by atoms with E-state index in [0.717, 1.165) is 6.42 Å². The van der Waals surface area contributed by atoms with Gasteiger partial charge in [0.15, 0.2) is 0 Å². The van der Waals surface area contributed by atoms with Crippen LogP contribution in [0.2, 0.25) is 0 Å². The van der Waals surface area contributed by atoms with Crippen molar-refractivity contribution < 1.29 is 9.90 Å². The molecule has 1 saturated carbocycles. The summed E-state index contributed by atoms with van der Waals surface area (Å²) in [5, 5.41) is 8.93. The van der Waals surface area contributed by atoms with Crippen LogP contribution in [0.4, 0.5) is 0 Å². The maximum atomic E-state index is 10.9. The van der Waals surface area contributed by atoms with Crippen molar-refractivity contribution in [2.45, 2.75) is 45.6 Å². The second-order valence-corrected chi connectivity index (χ2v) is 5.27. The van der Waals surface area contributed by atoms with Crippen LogP contribution < -0.4 is 5.73 Å². The number of carboxylic acids is 1.